The van der Waals surface area contributed by atoms with Crippen LogP contribution in [0.2, 0.25) is 5.02 Å². The molecule has 0 aliphatic heterocycles. The second-order valence-corrected chi connectivity index (χ2v) is 5.23. The molecule has 0 saturated carbocycles. The van der Waals surface area contributed by atoms with E-state index in [0.717, 1.165) is 16.5 Å². The SMILES string of the molecule is CNC(=O)c1[nH]c2cc(Cl)c(OC)cc2c1CCNC(C)=O. The van der Waals surface area contributed by atoms with Crippen molar-refractivity contribution in [2.45, 2.75) is 13.3 Å². The number of aromatic nitrogens is 1. The summed E-state index contributed by atoms with van der Waals surface area (Å²) in [6.45, 7) is 1.90. The Labute approximate surface area is 133 Å². The number of methoxy groups -OCH3 is 1. The number of hydrogen-bond acceptors (Lipinski definition) is 3. The number of carbonyl (C=O) groups excluding carboxylic acids is 2. The summed E-state index contributed by atoms with van der Waals surface area (Å²) in [4.78, 5) is 26.1. The van der Waals surface area contributed by atoms with Crippen molar-refractivity contribution >= 4 is 34.3 Å². The van der Waals surface area contributed by atoms with Crippen molar-refractivity contribution < 1.29 is 14.3 Å². The molecular weight excluding hydrogens is 306 g/mol. The van der Waals surface area contributed by atoms with Gasteiger partial charge in [-0.15, -0.1) is 0 Å². The van der Waals surface area contributed by atoms with Gasteiger partial charge in [0, 0.05) is 31.4 Å². The molecule has 0 unspecified atom stereocenters. The number of rotatable bonds is 5. The lowest BCUT2D eigenvalue weighted by Crippen LogP contribution is -2.24. The minimum absolute atomic E-state index is 0.109. The number of aromatic amines is 1. The highest BCUT2D eigenvalue weighted by molar-refractivity contribution is 6.32. The predicted octanol–water partition coefficient (Wildman–Crippen LogP) is 1.87. The maximum Gasteiger partial charge on any atom is 0.267 e. The van der Waals surface area contributed by atoms with Crippen LogP contribution in [0.15, 0.2) is 12.1 Å². The van der Waals surface area contributed by atoms with Gasteiger partial charge in [0.2, 0.25) is 5.91 Å². The number of fused-ring (bicyclic) bond motifs is 1. The van der Waals surface area contributed by atoms with Crippen molar-refractivity contribution in [2.75, 3.05) is 20.7 Å². The molecule has 1 aromatic heterocycles. The average Bonchev–Trinajstić information content (AvgIpc) is 2.83. The lowest BCUT2D eigenvalue weighted by molar-refractivity contribution is -0.118. The molecule has 0 aliphatic rings. The molecule has 22 heavy (non-hydrogen) atoms. The van der Waals surface area contributed by atoms with Gasteiger partial charge < -0.3 is 20.4 Å². The Balaban J connectivity index is 2.51. The van der Waals surface area contributed by atoms with Crippen LogP contribution in [0.5, 0.6) is 5.75 Å². The molecular formula is C15H18ClN3O3. The Morgan fingerprint density at radius 2 is 2.09 bits per heavy atom. The van der Waals surface area contributed by atoms with Crippen LogP contribution < -0.4 is 15.4 Å². The zero-order valence-electron chi connectivity index (χ0n) is 12.7. The highest BCUT2D eigenvalue weighted by atomic mass is 35.5. The molecule has 0 radical (unpaired) electrons. The van der Waals surface area contributed by atoms with Crippen molar-refractivity contribution in [2.24, 2.45) is 0 Å². The molecule has 6 nitrogen and oxygen atoms in total. The normalized spacial score (nSPS) is 10.5. The minimum Gasteiger partial charge on any atom is -0.495 e. The van der Waals surface area contributed by atoms with E-state index in [0.29, 0.717) is 29.4 Å². The second-order valence-electron chi connectivity index (χ2n) is 4.82. The second kappa shape index (κ2) is 6.70. The number of halogens is 1. The highest BCUT2D eigenvalue weighted by Gasteiger charge is 2.18. The summed E-state index contributed by atoms with van der Waals surface area (Å²) in [7, 11) is 3.11. The molecule has 1 heterocycles. The van der Waals surface area contributed by atoms with Gasteiger partial charge in [0.25, 0.3) is 5.91 Å². The maximum absolute atomic E-state index is 12.0. The molecule has 0 bridgehead atoms. The van der Waals surface area contributed by atoms with E-state index in [-0.39, 0.29) is 11.8 Å². The fourth-order valence-corrected chi connectivity index (χ4v) is 2.59. The molecule has 0 fully saturated rings. The third kappa shape index (κ3) is 3.17. The number of amides is 2. The minimum atomic E-state index is -0.218. The van der Waals surface area contributed by atoms with E-state index in [1.54, 1.807) is 19.2 Å². The lowest BCUT2D eigenvalue weighted by atomic mass is 10.1. The Hall–Kier alpha value is -2.21. The summed E-state index contributed by atoms with van der Waals surface area (Å²) in [5.41, 5.74) is 2.03. The summed E-state index contributed by atoms with van der Waals surface area (Å²) in [6, 6.07) is 3.52. The molecule has 7 heteroatoms. The number of H-pyrrole nitrogens is 1. The Bertz CT molecular complexity index is 724. The van der Waals surface area contributed by atoms with Gasteiger partial charge in [0.05, 0.1) is 12.1 Å². The third-order valence-corrected chi connectivity index (χ3v) is 3.68. The van der Waals surface area contributed by atoms with E-state index in [4.69, 9.17) is 16.3 Å². The maximum atomic E-state index is 12.0. The fourth-order valence-electron chi connectivity index (χ4n) is 2.35. The van der Waals surface area contributed by atoms with Crippen LogP contribution >= 0.6 is 11.6 Å². The van der Waals surface area contributed by atoms with Crippen LogP contribution in [0, 0.1) is 0 Å². The van der Waals surface area contributed by atoms with Crippen LogP contribution in [0.1, 0.15) is 23.0 Å². The zero-order valence-corrected chi connectivity index (χ0v) is 13.4. The Morgan fingerprint density at radius 1 is 1.36 bits per heavy atom. The summed E-state index contributed by atoms with van der Waals surface area (Å²) < 4.78 is 5.23. The molecule has 0 aliphatic carbocycles. The van der Waals surface area contributed by atoms with Crippen molar-refractivity contribution in [1.82, 2.24) is 15.6 Å². The Kier molecular flexibility index (Phi) is 4.92. The fraction of sp³-hybridized carbons (Fsp3) is 0.333. The largest absolute Gasteiger partial charge is 0.495 e. The van der Waals surface area contributed by atoms with Crippen molar-refractivity contribution in [1.29, 1.82) is 0 Å². The van der Waals surface area contributed by atoms with Crippen LogP contribution in [0.3, 0.4) is 0 Å². The Morgan fingerprint density at radius 3 is 2.68 bits per heavy atom. The first kappa shape index (κ1) is 16.2. The monoisotopic (exact) mass is 323 g/mol. The molecule has 1 aromatic carbocycles. The van der Waals surface area contributed by atoms with Crippen LogP contribution in [0.25, 0.3) is 10.9 Å². The van der Waals surface area contributed by atoms with E-state index in [1.165, 1.54) is 14.0 Å². The molecule has 2 aromatic rings. The van der Waals surface area contributed by atoms with Crippen LogP contribution in [-0.4, -0.2) is 37.5 Å². The first-order valence-corrected chi connectivity index (χ1v) is 7.20. The van der Waals surface area contributed by atoms with E-state index < -0.39 is 0 Å². The van der Waals surface area contributed by atoms with Gasteiger partial charge in [-0.1, -0.05) is 11.6 Å². The molecule has 3 N–H and O–H groups in total. The zero-order chi connectivity index (χ0) is 16.3. The van der Waals surface area contributed by atoms with E-state index in [1.807, 2.05) is 0 Å². The predicted molar refractivity (Wildman–Crippen MR) is 85.6 cm³/mol. The summed E-state index contributed by atoms with van der Waals surface area (Å²) in [5, 5.41) is 6.65. The molecule has 0 saturated heterocycles. The quantitative estimate of drug-likeness (QED) is 0.785. The molecule has 2 rings (SSSR count). The average molecular weight is 324 g/mol. The lowest BCUT2D eigenvalue weighted by Gasteiger charge is -2.06. The number of benzene rings is 1. The van der Waals surface area contributed by atoms with Crippen molar-refractivity contribution in [3.63, 3.8) is 0 Å². The van der Waals surface area contributed by atoms with Crippen LogP contribution in [-0.2, 0) is 11.2 Å². The highest BCUT2D eigenvalue weighted by Crippen LogP contribution is 2.33. The number of carbonyl (C=O) groups is 2. The van der Waals surface area contributed by atoms with Gasteiger partial charge in [0.1, 0.15) is 11.4 Å². The number of nitrogens with one attached hydrogen (secondary N) is 3. The van der Waals surface area contributed by atoms with E-state index in [9.17, 15) is 9.59 Å². The topological polar surface area (TPSA) is 83.2 Å². The smallest absolute Gasteiger partial charge is 0.267 e. The summed E-state index contributed by atoms with van der Waals surface area (Å²) in [6.07, 6.45) is 0.521. The van der Waals surface area contributed by atoms with Crippen LogP contribution in [0.4, 0.5) is 0 Å². The molecule has 0 spiro atoms. The summed E-state index contributed by atoms with van der Waals surface area (Å²) >= 11 is 6.12. The van der Waals surface area contributed by atoms with Gasteiger partial charge in [-0.3, -0.25) is 9.59 Å². The van der Waals surface area contributed by atoms with E-state index >= 15 is 0 Å². The van der Waals surface area contributed by atoms with Gasteiger partial charge in [-0.2, -0.15) is 0 Å². The number of ether oxygens (including phenoxy) is 1. The first-order chi connectivity index (χ1) is 10.5. The van der Waals surface area contributed by atoms with Crippen molar-refractivity contribution in [3.8, 4) is 5.75 Å². The van der Waals surface area contributed by atoms with Crippen molar-refractivity contribution in [3.05, 3.63) is 28.4 Å². The van der Waals surface area contributed by atoms with Gasteiger partial charge in [-0.05, 0) is 24.1 Å². The van der Waals surface area contributed by atoms with Gasteiger partial charge >= 0.3 is 0 Å². The molecule has 118 valence electrons. The third-order valence-electron chi connectivity index (χ3n) is 3.38. The van der Waals surface area contributed by atoms with Gasteiger partial charge in [-0.25, -0.2) is 0 Å². The van der Waals surface area contributed by atoms with E-state index in [2.05, 4.69) is 15.6 Å². The van der Waals surface area contributed by atoms with Gasteiger partial charge in [0.15, 0.2) is 0 Å². The molecule has 2 amide bonds. The standard InChI is InChI=1S/C15H18ClN3O3/c1-8(20)18-5-4-9-10-6-13(22-3)11(16)7-12(10)19-14(9)15(21)17-2/h6-7,19H,4-5H2,1-3H3,(H,17,21)(H,18,20). The summed E-state index contributed by atoms with van der Waals surface area (Å²) in [5.74, 6) is 0.212. The molecule has 0 atom stereocenters. The number of hydrogen-bond donors (Lipinski definition) is 3. The first-order valence-electron chi connectivity index (χ1n) is 6.82.